The lowest BCUT2D eigenvalue weighted by molar-refractivity contribution is 1.43. The van der Waals surface area contributed by atoms with E-state index in [1.54, 1.807) is 12.1 Å². The number of hydrogen-bond acceptors (Lipinski definition) is 1. The van der Waals surface area contributed by atoms with Gasteiger partial charge in [0.1, 0.15) is 5.84 Å². The molecule has 0 bridgehead atoms. The van der Waals surface area contributed by atoms with Crippen LogP contribution in [0.5, 0.6) is 0 Å². The van der Waals surface area contributed by atoms with Crippen LogP contribution in [0.25, 0.3) is 0 Å². The number of alkyl halides is 1. The van der Waals surface area contributed by atoms with Gasteiger partial charge in [0.25, 0.3) is 0 Å². The highest BCUT2D eigenvalue weighted by Crippen LogP contribution is 2.36. The Balaban J connectivity index is 3.21. The third-order valence-corrected chi connectivity index (χ3v) is 2.76. The van der Waals surface area contributed by atoms with Gasteiger partial charge in [0, 0.05) is 9.50 Å². The first-order valence-corrected chi connectivity index (χ1v) is 5.66. The van der Waals surface area contributed by atoms with Crippen molar-refractivity contribution < 1.29 is 0 Å². The minimum absolute atomic E-state index is 0.158. The van der Waals surface area contributed by atoms with E-state index in [0.29, 0.717) is 26.0 Å². The molecule has 0 saturated heterocycles. The standard InChI is InChI=1S/C8H6BrCl3N2/c9-5-1-4(11)2-6(12)8(5)14-7(13)3-10/h1-2H,3H2,(H2,13,14). The van der Waals surface area contributed by atoms with Crippen molar-refractivity contribution in [1.82, 2.24) is 0 Å². The number of benzene rings is 1. The number of nitrogens with zero attached hydrogens (tertiary/aromatic N) is 1. The van der Waals surface area contributed by atoms with E-state index in [-0.39, 0.29) is 5.88 Å². The Bertz CT molecular complexity index is 356. The molecule has 0 aliphatic carbocycles. The van der Waals surface area contributed by atoms with Gasteiger partial charge in [-0.2, -0.15) is 0 Å². The van der Waals surface area contributed by atoms with Gasteiger partial charge in [0.05, 0.1) is 16.6 Å². The van der Waals surface area contributed by atoms with Gasteiger partial charge in [-0.25, -0.2) is 4.99 Å². The molecule has 0 aromatic heterocycles. The van der Waals surface area contributed by atoms with E-state index in [2.05, 4.69) is 20.9 Å². The second-order valence-corrected chi connectivity index (χ2v) is 4.42. The fraction of sp³-hybridized carbons (Fsp3) is 0.125. The Morgan fingerprint density at radius 2 is 2.07 bits per heavy atom. The molecule has 0 fully saturated rings. The lowest BCUT2D eigenvalue weighted by atomic mass is 10.3. The number of amidine groups is 1. The summed E-state index contributed by atoms with van der Waals surface area (Å²) in [5, 5.41) is 0.961. The average molecular weight is 316 g/mol. The number of rotatable bonds is 2. The Morgan fingerprint density at radius 3 is 2.57 bits per heavy atom. The van der Waals surface area contributed by atoms with E-state index < -0.39 is 0 Å². The summed E-state index contributed by atoms with van der Waals surface area (Å²) < 4.78 is 0.683. The maximum atomic E-state index is 5.92. The molecule has 2 N–H and O–H groups in total. The quantitative estimate of drug-likeness (QED) is 0.500. The number of nitrogens with two attached hydrogens (primary N) is 1. The predicted octanol–water partition coefficient (Wildman–Crippen LogP) is 3.98. The molecule has 0 radical (unpaired) electrons. The molecule has 14 heavy (non-hydrogen) atoms. The normalized spacial score (nSPS) is 11.9. The smallest absolute Gasteiger partial charge is 0.115 e. The molecule has 76 valence electrons. The summed E-state index contributed by atoms with van der Waals surface area (Å²) in [6, 6.07) is 3.28. The van der Waals surface area contributed by atoms with Crippen LogP contribution in [0.1, 0.15) is 0 Å². The molecule has 0 saturated carbocycles. The van der Waals surface area contributed by atoms with E-state index in [4.69, 9.17) is 40.5 Å². The molecule has 1 rings (SSSR count). The molecule has 0 aliphatic rings. The number of aliphatic imine (C=N–C) groups is 1. The van der Waals surface area contributed by atoms with Crippen LogP contribution in [-0.4, -0.2) is 11.7 Å². The molecule has 0 amide bonds. The van der Waals surface area contributed by atoms with Gasteiger partial charge in [-0.1, -0.05) is 23.2 Å². The summed E-state index contributed by atoms with van der Waals surface area (Å²) in [7, 11) is 0. The molecule has 0 atom stereocenters. The Kier molecular flexibility index (Phi) is 4.51. The zero-order chi connectivity index (χ0) is 10.7. The Labute approximate surface area is 105 Å². The first kappa shape index (κ1) is 12.1. The van der Waals surface area contributed by atoms with Crippen molar-refractivity contribution in [2.24, 2.45) is 10.7 Å². The minimum Gasteiger partial charge on any atom is -0.386 e. The van der Waals surface area contributed by atoms with Crippen LogP contribution in [0.3, 0.4) is 0 Å². The van der Waals surface area contributed by atoms with Crippen LogP contribution in [0.15, 0.2) is 21.6 Å². The fourth-order valence-corrected chi connectivity index (χ4v) is 2.21. The Hall–Kier alpha value is 0.0400. The molecule has 0 spiro atoms. The van der Waals surface area contributed by atoms with Gasteiger partial charge in [-0.15, -0.1) is 11.6 Å². The average Bonchev–Trinajstić information content (AvgIpc) is 2.10. The van der Waals surface area contributed by atoms with Crippen molar-refractivity contribution in [2.45, 2.75) is 0 Å². The lowest BCUT2D eigenvalue weighted by Crippen LogP contribution is -2.12. The monoisotopic (exact) mass is 314 g/mol. The third-order valence-electron chi connectivity index (χ3n) is 1.37. The summed E-state index contributed by atoms with van der Waals surface area (Å²) >= 11 is 20.5. The van der Waals surface area contributed by atoms with Crippen LogP contribution >= 0.6 is 50.7 Å². The summed E-state index contributed by atoms with van der Waals surface area (Å²) in [6.45, 7) is 0. The maximum Gasteiger partial charge on any atom is 0.115 e. The summed E-state index contributed by atoms with van der Waals surface area (Å²) in [6.07, 6.45) is 0. The van der Waals surface area contributed by atoms with Crippen molar-refractivity contribution in [2.75, 3.05) is 5.88 Å². The van der Waals surface area contributed by atoms with E-state index >= 15 is 0 Å². The van der Waals surface area contributed by atoms with Crippen LogP contribution in [0.2, 0.25) is 10.0 Å². The maximum absolute atomic E-state index is 5.92. The first-order valence-electron chi connectivity index (χ1n) is 3.58. The molecular weight excluding hydrogens is 310 g/mol. The molecule has 0 heterocycles. The van der Waals surface area contributed by atoms with E-state index in [1.807, 2.05) is 0 Å². The van der Waals surface area contributed by atoms with Gasteiger partial charge in [0.2, 0.25) is 0 Å². The van der Waals surface area contributed by atoms with Crippen molar-refractivity contribution in [3.05, 3.63) is 26.7 Å². The third kappa shape index (κ3) is 3.02. The summed E-state index contributed by atoms with van der Waals surface area (Å²) in [5.41, 5.74) is 6.02. The summed E-state index contributed by atoms with van der Waals surface area (Å²) in [5.74, 6) is 0.461. The zero-order valence-electron chi connectivity index (χ0n) is 6.90. The van der Waals surface area contributed by atoms with Crippen molar-refractivity contribution >= 4 is 62.3 Å². The van der Waals surface area contributed by atoms with Gasteiger partial charge in [0.15, 0.2) is 0 Å². The largest absolute Gasteiger partial charge is 0.386 e. The van der Waals surface area contributed by atoms with Gasteiger partial charge in [-0.05, 0) is 28.1 Å². The van der Waals surface area contributed by atoms with Crippen molar-refractivity contribution in [1.29, 1.82) is 0 Å². The highest BCUT2D eigenvalue weighted by atomic mass is 79.9. The highest BCUT2D eigenvalue weighted by molar-refractivity contribution is 9.10. The molecule has 0 unspecified atom stereocenters. The number of hydrogen-bond donors (Lipinski definition) is 1. The van der Waals surface area contributed by atoms with Gasteiger partial charge in [-0.3, -0.25) is 0 Å². The molecule has 1 aromatic carbocycles. The first-order chi connectivity index (χ1) is 6.54. The topological polar surface area (TPSA) is 38.4 Å². The van der Waals surface area contributed by atoms with Crippen LogP contribution < -0.4 is 5.73 Å². The van der Waals surface area contributed by atoms with Crippen LogP contribution in [0, 0.1) is 0 Å². The van der Waals surface area contributed by atoms with Crippen LogP contribution in [-0.2, 0) is 0 Å². The highest BCUT2D eigenvalue weighted by Gasteiger charge is 2.06. The van der Waals surface area contributed by atoms with Crippen molar-refractivity contribution in [3.8, 4) is 0 Å². The second-order valence-electron chi connectivity index (χ2n) is 2.45. The number of halogens is 4. The predicted molar refractivity (Wildman–Crippen MR) is 66.2 cm³/mol. The molecular formula is C8H6BrCl3N2. The van der Waals surface area contributed by atoms with E-state index in [9.17, 15) is 0 Å². The zero-order valence-corrected chi connectivity index (χ0v) is 10.8. The molecule has 1 aromatic rings. The molecule has 0 aliphatic heterocycles. The minimum atomic E-state index is 0.158. The van der Waals surface area contributed by atoms with E-state index in [0.717, 1.165) is 0 Å². The van der Waals surface area contributed by atoms with Crippen molar-refractivity contribution in [3.63, 3.8) is 0 Å². The van der Waals surface area contributed by atoms with Crippen LogP contribution in [0.4, 0.5) is 5.69 Å². The Morgan fingerprint density at radius 1 is 1.43 bits per heavy atom. The second kappa shape index (κ2) is 5.21. The lowest BCUT2D eigenvalue weighted by Gasteiger charge is -2.03. The fourth-order valence-electron chi connectivity index (χ4n) is 0.815. The van der Waals surface area contributed by atoms with Gasteiger partial charge < -0.3 is 5.73 Å². The molecule has 6 heteroatoms. The molecule has 2 nitrogen and oxygen atoms in total. The summed E-state index contributed by atoms with van der Waals surface area (Å²) in [4.78, 5) is 4.04. The van der Waals surface area contributed by atoms with E-state index in [1.165, 1.54) is 0 Å². The SMILES string of the molecule is NC(CCl)=Nc1c(Cl)cc(Cl)cc1Br. The van der Waals surface area contributed by atoms with Gasteiger partial charge >= 0.3 is 0 Å².